The van der Waals surface area contributed by atoms with Gasteiger partial charge in [0.1, 0.15) is 13.2 Å². The van der Waals surface area contributed by atoms with E-state index in [9.17, 15) is 23.3 Å². The van der Waals surface area contributed by atoms with Crippen molar-refractivity contribution in [1.29, 1.82) is 0 Å². The molecule has 0 bridgehead atoms. The Labute approximate surface area is 117 Å². The van der Waals surface area contributed by atoms with Gasteiger partial charge in [-0.2, -0.15) is 13.2 Å². The molecule has 0 N–H and O–H groups in total. The Kier molecular flexibility index (Phi) is 6.03. The van der Waals surface area contributed by atoms with Crippen LogP contribution in [0.1, 0.15) is 5.56 Å². The molecule has 0 saturated heterocycles. The molecule has 0 aliphatic carbocycles. The fourth-order valence-electron chi connectivity index (χ4n) is 1.31. The van der Waals surface area contributed by atoms with Gasteiger partial charge >= 0.3 is 11.9 Å². The number of benzene rings is 1. The lowest BCUT2D eigenvalue weighted by atomic mass is 10.2. The molecule has 0 heterocycles. The molecular formula is C11H11ClF3NO4. The van der Waals surface area contributed by atoms with E-state index in [2.05, 4.69) is 4.74 Å². The SMILES string of the molecule is O=[N+]([O-])c1cc(CCl)ccc1OCCOCC(F)(F)F. The van der Waals surface area contributed by atoms with Gasteiger partial charge in [-0.3, -0.25) is 10.1 Å². The largest absolute Gasteiger partial charge is 0.484 e. The third-order valence-electron chi connectivity index (χ3n) is 2.13. The fraction of sp³-hybridized carbons (Fsp3) is 0.455. The van der Waals surface area contributed by atoms with Gasteiger partial charge in [0.05, 0.1) is 11.5 Å². The molecule has 20 heavy (non-hydrogen) atoms. The Hall–Kier alpha value is -1.54. The first-order valence-electron chi connectivity index (χ1n) is 5.44. The average molecular weight is 314 g/mol. The van der Waals surface area contributed by atoms with E-state index < -0.39 is 17.7 Å². The molecule has 0 radical (unpaired) electrons. The van der Waals surface area contributed by atoms with Gasteiger partial charge in [-0.15, -0.1) is 11.6 Å². The highest BCUT2D eigenvalue weighted by molar-refractivity contribution is 6.17. The lowest BCUT2D eigenvalue weighted by Crippen LogP contribution is -2.19. The van der Waals surface area contributed by atoms with Crippen LogP contribution in [0.2, 0.25) is 0 Å². The molecule has 1 aromatic rings. The molecular weight excluding hydrogens is 303 g/mol. The number of ether oxygens (including phenoxy) is 2. The van der Waals surface area contributed by atoms with Gasteiger partial charge in [0.2, 0.25) is 0 Å². The number of nitrogens with zero attached hydrogens (tertiary/aromatic N) is 1. The zero-order valence-electron chi connectivity index (χ0n) is 10.2. The smallest absolute Gasteiger partial charge is 0.411 e. The van der Waals surface area contributed by atoms with Crippen LogP contribution in [0, 0.1) is 10.1 Å². The molecule has 0 aliphatic rings. The predicted molar refractivity (Wildman–Crippen MR) is 65.0 cm³/mol. The van der Waals surface area contributed by atoms with Gasteiger partial charge in [-0.25, -0.2) is 0 Å². The van der Waals surface area contributed by atoms with Crippen molar-refractivity contribution in [1.82, 2.24) is 0 Å². The molecule has 0 fully saturated rings. The summed E-state index contributed by atoms with van der Waals surface area (Å²) in [5, 5.41) is 10.8. The summed E-state index contributed by atoms with van der Waals surface area (Å²) < 4.78 is 44.7. The van der Waals surface area contributed by atoms with E-state index in [0.29, 0.717) is 5.56 Å². The van der Waals surface area contributed by atoms with Crippen molar-refractivity contribution in [2.75, 3.05) is 19.8 Å². The first-order valence-corrected chi connectivity index (χ1v) is 5.97. The van der Waals surface area contributed by atoms with E-state index in [0.717, 1.165) is 0 Å². The van der Waals surface area contributed by atoms with Crippen LogP contribution < -0.4 is 4.74 Å². The van der Waals surface area contributed by atoms with Gasteiger partial charge < -0.3 is 9.47 Å². The Morgan fingerprint density at radius 3 is 2.55 bits per heavy atom. The topological polar surface area (TPSA) is 61.6 Å². The summed E-state index contributed by atoms with van der Waals surface area (Å²) in [5.74, 6) is 0.0648. The highest BCUT2D eigenvalue weighted by Gasteiger charge is 2.27. The van der Waals surface area contributed by atoms with Crippen LogP contribution in [0.15, 0.2) is 18.2 Å². The zero-order valence-corrected chi connectivity index (χ0v) is 10.9. The van der Waals surface area contributed by atoms with Crippen LogP contribution in [0.25, 0.3) is 0 Å². The van der Waals surface area contributed by atoms with E-state index in [4.69, 9.17) is 16.3 Å². The summed E-state index contributed by atoms with van der Waals surface area (Å²) in [6.45, 7) is -1.94. The summed E-state index contributed by atoms with van der Waals surface area (Å²) in [6, 6.07) is 4.13. The number of halogens is 4. The first-order chi connectivity index (χ1) is 9.33. The predicted octanol–water partition coefficient (Wildman–Crippen LogP) is 3.29. The van der Waals surface area contributed by atoms with Crippen molar-refractivity contribution in [3.63, 3.8) is 0 Å². The number of nitro benzene ring substituents is 1. The fourth-order valence-corrected chi connectivity index (χ4v) is 1.48. The minimum Gasteiger partial charge on any atom is -0.484 e. The van der Waals surface area contributed by atoms with Crippen LogP contribution in [0.3, 0.4) is 0 Å². The van der Waals surface area contributed by atoms with Crippen molar-refractivity contribution in [2.24, 2.45) is 0 Å². The van der Waals surface area contributed by atoms with E-state index in [-0.39, 0.29) is 30.5 Å². The third kappa shape index (κ3) is 5.62. The summed E-state index contributed by atoms with van der Waals surface area (Å²) in [5.41, 5.74) is 0.248. The zero-order chi connectivity index (χ0) is 15.2. The van der Waals surface area contributed by atoms with Crippen LogP contribution in [-0.4, -0.2) is 30.9 Å². The Morgan fingerprint density at radius 2 is 2.00 bits per heavy atom. The second kappa shape index (κ2) is 7.30. The molecule has 0 aliphatic heterocycles. The second-order valence-corrected chi connectivity index (χ2v) is 3.98. The lowest BCUT2D eigenvalue weighted by molar-refractivity contribution is -0.386. The van der Waals surface area contributed by atoms with E-state index in [1.165, 1.54) is 18.2 Å². The minimum absolute atomic E-state index is 0.0422. The number of rotatable bonds is 7. The Morgan fingerprint density at radius 1 is 1.30 bits per heavy atom. The van der Waals surface area contributed by atoms with Gasteiger partial charge in [-0.05, 0) is 11.6 Å². The maximum absolute atomic E-state index is 11.8. The molecule has 0 saturated carbocycles. The second-order valence-electron chi connectivity index (χ2n) is 3.71. The number of hydrogen-bond acceptors (Lipinski definition) is 4. The molecule has 0 amide bonds. The van der Waals surface area contributed by atoms with Crippen LogP contribution in [0.4, 0.5) is 18.9 Å². The third-order valence-corrected chi connectivity index (χ3v) is 2.43. The average Bonchev–Trinajstić information content (AvgIpc) is 2.37. The number of hydrogen-bond donors (Lipinski definition) is 0. The molecule has 0 atom stereocenters. The Bertz CT molecular complexity index is 467. The van der Waals surface area contributed by atoms with Gasteiger partial charge in [0, 0.05) is 11.9 Å². The Balaban J connectivity index is 2.53. The lowest BCUT2D eigenvalue weighted by Gasteiger charge is -2.09. The molecule has 0 unspecified atom stereocenters. The van der Waals surface area contributed by atoms with E-state index in [1.807, 2.05) is 0 Å². The van der Waals surface area contributed by atoms with Crippen molar-refractivity contribution in [3.8, 4) is 5.75 Å². The summed E-state index contributed by atoms with van der Waals surface area (Å²) in [4.78, 5) is 10.2. The maximum atomic E-state index is 11.8. The van der Waals surface area contributed by atoms with Crippen LogP contribution >= 0.6 is 11.6 Å². The normalized spacial score (nSPS) is 11.4. The highest BCUT2D eigenvalue weighted by atomic mass is 35.5. The van der Waals surface area contributed by atoms with Gasteiger partial charge in [-0.1, -0.05) is 6.07 Å². The molecule has 9 heteroatoms. The summed E-state index contributed by atoms with van der Waals surface area (Å²) >= 11 is 5.55. The van der Waals surface area contributed by atoms with Crippen molar-refractivity contribution < 1.29 is 27.6 Å². The molecule has 112 valence electrons. The standard InChI is InChI=1S/C11H11ClF3NO4/c12-6-8-1-2-10(9(5-8)16(17)18)20-4-3-19-7-11(13,14)15/h1-2,5H,3-4,6-7H2. The summed E-state index contributed by atoms with van der Waals surface area (Å²) in [6.07, 6.45) is -4.41. The summed E-state index contributed by atoms with van der Waals surface area (Å²) in [7, 11) is 0. The molecule has 1 aromatic carbocycles. The first kappa shape index (κ1) is 16.5. The molecule has 1 rings (SSSR count). The monoisotopic (exact) mass is 313 g/mol. The van der Waals surface area contributed by atoms with Crippen molar-refractivity contribution in [2.45, 2.75) is 12.1 Å². The van der Waals surface area contributed by atoms with Crippen LogP contribution in [0.5, 0.6) is 5.75 Å². The number of nitro groups is 1. The quantitative estimate of drug-likeness (QED) is 0.335. The van der Waals surface area contributed by atoms with Crippen molar-refractivity contribution in [3.05, 3.63) is 33.9 Å². The van der Waals surface area contributed by atoms with E-state index in [1.54, 1.807) is 0 Å². The molecule has 5 nitrogen and oxygen atoms in total. The maximum Gasteiger partial charge on any atom is 0.411 e. The van der Waals surface area contributed by atoms with E-state index >= 15 is 0 Å². The minimum atomic E-state index is -4.41. The van der Waals surface area contributed by atoms with Gasteiger partial charge in [0.15, 0.2) is 5.75 Å². The molecule has 0 aromatic heterocycles. The molecule has 0 spiro atoms. The van der Waals surface area contributed by atoms with Crippen molar-refractivity contribution >= 4 is 17.3 Å². The number of alkyl halides is 4. The highest BCUT2D eigenvalue weighted by Crippen LogP contribution is 2.28. The van der Waals surface area contributed by atoms with Gasteiger partial charge in [0.25, 0.3) is 0 Å². The van der Waals surface area contributed by atoms with Crippen LogP contribution in [-0.2, 0) is 10.6 Å².